The summed E-state index contributed by atoms with van der Waals surface area (Å²) in [6, 6.07) is 6.42. The number of benzene rings is 1. The van der Waals surface area contributed by atoms with E-state index in [9.17, 15) is 4.79 Å². The minimum absolute atomic E-state index is 0.159. The molecule has 1 aromatic rings. The zero-order valence-electron chi connectivity index (χ0n) is 11.7. The summed E-state index contributed by atoms with van der Waals surface area (Å²) in [6.45, 7) is 7.05. The molecule has 98 valence electrons. The van der Waals surface area contributed by atoms with Gasteiger partial charge in [0.2, 0.25) is 5.91 Å². The molecule has 0 spiro atoms. The van der Waals surface area contributed by atoms with Gasteiger partial charge in [-0.25, -0.2) is 0 Å². The van der Waals surface area contributed by atoms with Gasteiger partial charge >= 0.3 is 0 Å². The summed E-state index contributed by atoms with van der Waals surface area (Å²) in [5, 5.41) is 0. The molecule has 1 amide bonds. The monoisotopic (exact) mass is 245 g/mol. The maximum Gasteiger partial charge on any atom is 0.223 e. The van der Waals surface area contributed by atoms with Gasteiger partial charge in [0.15, 0.2) is 0 Å². The third-order valence-corrected chi connectivity index (χ3v) is 3.97. The molecule has 1 aliphatic heterocycles. The number of nitrogens with zero attached hydrogens (tertiary/aromatic N) is 1. The van der Waals surface area contributed by atoms with E-state index in [2.05, 4.69) is 32.0 Å². The van der Waals surface area contributed by atoms with E-state index in [1.807, 2.05) is 4.90 Å². The number of carbonyl (C=O) groups excluding carboxylic acids is 1. The summed E-state index contributed by atoms with van der Waals surface area (Å²) in [7, 11) is 0. The van der Waals surface area contributed by atoms with Crippen LogP contribution in [-0.4, -0.2) is 12.5 Å². The smallest absolute Gasteiger partial charge is 0.223 e. The Bertz CT molecular complexity index is 439. The predicted octanol–water partition coefficient (Wildman–Crippen LogP) is 3.89. The van der Waals surface area contributed by atoms with Crippen molar-refractivity contribution in [3.8, 4) is 0 Å². The second-order valence-electron chi connectivity index (χ2n) is 5.31. The van der Waals surface area contributed by atoms with Gasteiger partial charge in [0.25, 0.3) is 0 Å². The molecule has 0 saturated heterocycles. The van der Waals surface area contributed by atoms with Crippen molar-refractivity contribution in [2.24, 2.45) is 0 Å². The van der Waals surface area contributed by atoms with Crippen molar-refractivity contribution < 1.29 is 4.79 Å². The summed E-state index contributed by atoms with van der Waals surface area (Å²) in [5.41, 5.74) is 3.99. The molecule has 0 aliphatic carbocycles. The molecule has 1 aliphatic rings. The zero-order chi connectivity index (χ0) is 13.1. The van der Waals surface area contributed by atoms with Crippen molar-refractivity contribution in [3.63, 3.8) is 0 Å². The molecular weight excluding hydrogens is 222 g/mol. The number of fused-ring (bicyclic) bond motifs is 1. The van der Waals surface area contributed by atoms with E-state index in [-0.39, 0.29) is 5.91 Å². The van der Waals surface area contributed by atoms with Crippen LogP contribution in [0.1, 0.15) is 57.1 Å². The van der Waals surface area contributed by atoms with Crippen LogP contribution in [0.15, 0.2) is 18.2 Å². The average molecular weight is 245 g/mol. The molecular formula is C16H23NO. The SMILES string of the molecule is CCCCC(C)c1cccc2c1CCN2C(C)=O. The van der Waals surface area contributed by atoms with Gasteiger partial charge in [-0.3, -0.25) is 4.79 Å². The van der Waals surface area contributed by atoms with Gasteiger partial charge < -0.3 is 4.90 Å². The predicted molar refractivity (Wildman–Crippen MR) is 76.1 cm³/mol. The molecule has 2 rings (SSSR count). The molecule has 1 aromatic carbocycles. The quantitative estimate of drug-likeness (QED) is 0.788. The summed E-state index contributed by atoms with van der Waals surface area (Å²) in [6.07, 6.45) is 4.79. The highest BCUT2D eigenvalue weighted by atomic mass is 16.2. The molecule has 0 radical (unpaired) electrons. The van der Waals surface area contributed by atoms with Crippen LogP contribution in [0.3, 0.4) is 0 Å². The summed E-state index contributed by atoms with van der Waals surface area (Å²) in [5.74, 6) is 0.763. The van der Waals surface area contributed by atoms with Gasteiger partial charge in [0, 0.05) is 19.2 Å². The van der Waals surface area contributed by atoms with E-state index in [1.165, 1.54) is 30.4 Å². The maximum absolute atomic E-state index is 11.6. The highest BCUT2D eigenvalue weighted by Crippen LogP contribution is 2.35. The standard InChI is InChI=1S/C16H23NO/c1-4-5-7-12(2)14-8-6-9-16-15(14)10-11-17(16)13(3)18/h6,8-9,12H,4-5,7,10-11H2,1-3H3. The molecule has 18 heavy (non-hydrogen) atoms. The van der Waals surface area contributed by atoms with E-state index in [1.54, 1.807) is 6.92 Å². The van der Waals surface area contributed by atoms with E-state index < -0.39 is 0 Å². The Balaban J connectivity index is 2.27. The fourth-order valence-electron chi connectivity index (χ4n) is 2.92. The Morgan fingerprint density at radius 2 is 2.22 bits per heavy atom. The normalized spacial score (nSPS) is 15.6. The van der Waals surface area contributed by atoms with E-state index >= 15 is 0 Å². The van der Waals surface area contributed by atoms with Crippen molar-refractivity contribution in [3.05, 3.63) is 29.3 Å². The molecule has 2 heteroatoms. The first-order valence-electron chi connectivity index (χ1n) is 7.05. The van der Waals surface area contributed by atoms with Crippen LogP contribution in [0.25, 0.3) is 0 Å². The van der Waals surface area contributed by atoms with Gasteiger partial charge in [-0.1, -0.05) is 38.8 Å². The average Bonchev–Trinajstić information content (AvgIpc) is 2.79. The molecule has 1 heterocycles. The van der Waals surface area contributed by atoms with Crippen LogP contribution in [0, 0.1) is 0 Å². The first kappa shape index (κ1) is 13.1. The van der Waals surface area contributed by atoms with Crippen LogP contribution in [0.2, 0.25) is 0 Å². The highest BCUT2D eigenvalue weighted by Gasteiger charge is 2.25. The lowest BCUT2D eigenvalue weighted by Gasteiger charge is -2.18. The lowest BCUT2D eigenvalue weighted by Crippen LogP contribution is -2.25. The number of carbonyl (C=O) groups is 1. The fourth-order valence-corrected chi connectivity index (χ4v) is 2.92. The summed E-state index contributed by atoms with van der Waals surface area (Å²) < 4.78 is 0. The molecule has 0 aromatic heterocycles. The van der Waals surface area contributed by atoms with Crippen molar-refractivity contribution >= 4 is 11.6 Å². The summed E-state index contributed by atoms with van der Waals surface area (Å²) >= 11 is 0. The third kappa shape index (κ3) is 2.43. The molecule has 0 N–H and O–H groups in total. The van der Waals surface area contributed by atoms with E-state index in [4.69, 9.17) is 0 Å². The Morgan fingerprint density at radius 1 is 1.44 bits per heavy atom. The summed E-state index contributed by atoms with van der Waals surface area (Å²) in [4.78, 5) is 13.5. The minimum Gasteiger partial charge on any atom is -0.312 e. The van der Waals surface area contributed by atoms with Gasteiger partial charge in [0.05, 0.1) is 0 Å². The van der Waals surface area contributed by atoms with Crippen molar-refractivity contribution in [2.75, 3.05) is 11.4 Å². The van der Waals surface area contributed by atoms with Gasteiger partial charge in [0.1, 0.15) is 0 Å². The number of amides is 1. The van der Waals surface area contributed by atoms with Gasteiger partial charge in [-0.15, -0.1) is 0 Å². The Morgan fingerprint density at radius 3 is 2.89 bits per heavy atom. The van der Waals surface area contributed by atoms with Crippen LogP contribution < -0.4 is 4.90 Å². The number of unbranched alkanes of at least 4 members (excludes halogenated alkanes) is 1. The first-order valence-corrected chi connectivity index (χ1v) is 7.05. The van der Waals surface area contributed by atoms with Gasteiger partial charge in [-0.05, 0) is 36.0 Å². The largest absolute Gasteiger partial charge is 0.312 e. The third-order valence-electron chi connectivity index (χ3n) is 3.97. The Hall–Kier alpha value is -1.31. The lowest BCUT2D eigenvalue weighted by molar-refractivity contribution is -0.116. The van der Waals surface area contributed by atoms with E-state index in [0.29, 0.717) is 5.92 Å². The van der Waals surface area contributed by atoms with Crippen LogP contribution in [-0.2, 0) is 11.2 Å². The fraction of sp³-hybridized carbons (Fsp3) is 0.562. The molecule has 0 saturated carbocycles. The Labute approximate surface area is 110 Å². The minimum atomic E-state index is 0.159. The molecule has 1 unspecified atom stereocenters. The topological polar surface area (TPSA) is 20.3 Å². The number of rotatable bonds is 4. The number of hydrogen-bond donors (Lipinski definition) is 0. The molecule has 0 fully saturated rings. The lowest BCUT2D eigenvalue weighted by atomic mass is 9.90. The van der Waals surface area contributed by atoms with Crippen molar-refractivity contribution in [1.29, 1.82) is 0 Å². The second kappa shape index (κ2) is 5.55. The van der Waals surface area contributed by atoms with Gasteiger partial charge in [-0.2, -0.15) is 0 Å². The van der Waals surface area contributed by atoms with Crippen LogP contribution in [0.4, 0.5) is 5.69 Å². The van der Waals surface area contributed by atoms with Crippen molar-refractivity contribution in [1.82, 2.24) is 0 Å². The highest BCUT2D eigenvalue weighted by molar-refractivity contribution is 5.94. The molecule has 2 nitrogen and oxygen atoms in total. The van der Waals surface area contributed by atoms with Crippen molar-refractivity contribution in [2.45, 2.75) is 52.4 Å². The first-order chi connectivity index (χ1) is 8.65. The molecule has 1 atom stereocenters. The zero-order valence-corrected chi connectivity index (χ0v) is 11.7. The Kier molecular flexibility index (Phi) is 4.05. The van der Waals surface area contributed by atoms with E-state index in [0.717, 1.165) is 18.7 Å². The number of anilines is 1. The van der Waals surface area contributed by atoms with Crippen LogP contribution >= 0.6 is 0 Å². The second-order valence-corrected chi connectivity index (χ2v) is 5.31. The molecule has 0 bridgehead atoms. The maximum atomic E-state index is 11.6. The van der Waals surface area contributed by atoms with Crippen LogP contribution in [0.5, 0.6) is 0 Å². The number of hydrogen-bond acceptors (Lipinski definition) is 1.